The zero-order valence-corrected chi connectivity index (χ0v) is 19.4. The number of nitrogens with one attached hydrogen (secondary N) is 1. The van der Waals surface area contributed by atoms with Crippen LogP contribution in [0.25, 0.3) is 11.5 Å². The SMILES string of the molecule is CCCN(Cc1nnc(-c2ccccc2Cl)o1)C(=O)c1ccc(S(=O)(=O)NCCC#N)cc1. The average molecular weight is 488 g/mol. The normalized spacial score (nSPS) is 11.2. The lowest BCUT2D eigenvalue weighted by Crippen LogP contribution is -2.31. The van der Waals surface area contributed by atoms with Crippen LogP contribution >= 0.6 is 11.6 Å². The van der Waals surface area contributed by atoms with Crippen LogP contribution in [-0.2, 0) is 16.6 Å². The third-order valence-electron chi connectivity index (χ3n) is 4.62. The summed E-state index contributed by atoms with van der Waals surface area (Å²) in [6.45, 7) is 2.49. The molecule has 2 aromatic carbocycles. The lowest BCUT2D eigenvalue weighted by Gasteiger charge is -2.20. The third kappa shape index (κ3) is 6.16. The van der Waals surface area contributed by atoms with Crippen molar-refractivity contribution >= 4 is 27.5 Å². The number of hydrogen-bond donors (Lipinski definition) is 1. The molecule has 1 amide bonds. The first-order valence-electron chi connectivity index (χ1n) is 10.2. The number of rotatable bonds is 10. The summed E-state index contributed by atoms with van der Waals surface area (Å²) in [5, 5.41) is 17.1. The molecule has 0 fully saturated rings. The van der Waals surface area contributed by atoms with Crippen LogP contribution < -0.4 is 4.72 Å². The van der Waals surface area contributed by atoms with Gasteiger partial charge in [-0.1, -0.05) is 30.7 Å². The summed E-state index contributed by atoms with van der Waals surface area (Å²) >= 11 is 6.18. The fraction of sp³-hybridized carbons (Fsp3) is 0.273. The molecule has 11 heteroatoms. The zero-order valence-electron chi connectivity index (χ0n) is 17.9. The molecule has 0 aliphatic rings. The molecule has 1 heterocycles. The lowest BCUT2D eigenvalue weighted by molar-refractivity contribution is 0.0728. The topological polar surface area (TPSA) is 129 Å². The fourth-order valence-corrected chi connectivity index (χ4v) is 4.28. The minimum Gasteiger partial charge on any atom is -0.419 e. The molecule has 0 saturated heterocycles. The molecule has 0 bridgehead atoms. The Labute approximate surface area is 197 Å². The predicted molar refractivity (Wildman–Crippen MR) is 122 cm³/mol. The van der Waals surface area contributed by atoms with Gasteiger partial charge in [-0.3, -0.25) is 4.79 Å². The molecule has 0 atom stereocenters. The second-order valence-electron chi connectivity index (χ2n) is 7.04. The van der Waals surface area contributed by atoms with Gasteiger partial charge >= 0.3 is 0 Å². The van der Waals surface area contributed by atoms with Gasteiger partial charge in [0.1, 0.15) is 0 Å². The molecule has 1 aromatic heterocycles. The highest BCUT2D eigenvalue weighted by atomic mass is 35.5. The maximum absolute atomic E-state index is 13.1. The highest BCUT2D eigenvalue weighted by molar-refractivity contribution is 7.89. The summed E-state index contributed by atoms with van der Waals surface area (Å²) in [4.78, 5) is 14.6. The summed E-state index contributed by atoms with van der Waals surface area (Å²) in [6, 6.07) is 14.6. The molecular formula is C22H22ClN5O4S. The van der Waals surface area contributed by atoms with E-state index in [2.05, 4.69) is 14.9 Å². The van der Waals surface area contributed by atoms with Gasteiger partial charge in [-0.15, -0.1) is 10.2 Å². The van der Waals surface area contributed by atoms with Crippen LogP contribution in [0.2, 0.25) is 5.02 Å². The largest absolute Gasteiger partial charge is 0.419 e. The summed E-state index contributed by atoms with van der Waals surface area (Å²) in [5.41, 5.74) is 0.928. The van der Waals surface area contributed by atoms with E-state index in [1.165, 1.54) is 24.3 Å². The zero-order chi connectivity index (χ0) is 23.8. The first-order chi connectivity index (χ1) is 15.9. The highest BCUT2D eigenvalue weighted by Crippen LogP contribution is 2.26. The van der Waals surface area contributed by atoms with E-state index in [0.717, 1.165) is 0 Å². The van der Waals surface area contributed by atoms with E-state index in [9.17, 15) is 13.2 Å². The molecular weight excluding hydrogens is 466 g/mol. The maximum Gasteiger partial charge on any atom is 0.254 e. The van der Waals surface area contributed by atoms with Gasteiger partial charge in [-0.2, -0.15) is 5.26 Å². The van der Waals surface area contributed by atoms with Crippen molar-refractivity contribution in [2.45, 2.75) is 31.2 Å². The number of nitriles is 1. The number of nitrogens with zero attached hydrogens (tertiary/aromatic N) is 4. The molecule has 1 N–H and O–H groups in total. The number of halogens is 1. The van der Waals surface area contributed by atoms with E-state index in [-0.39, 0.29) is 42.1 Å². The average Bonchev–Trinajstić information content (AvgIpc) is 3.27. The first kappa shape index (κ1) is 24.4. The van der Waals surface area contributed by atoms with Gasteiger partial charge in [-0.05, 0) is 42.8 Å². The fourth-order valence-electron chi connectivity index (χ4n) is 3.03. The van der Waals surface area contributed by atoms with Crippen molar-refractivity contribution in [1.29, 1.82) is 5.26 Å². The maximum atomic E-state index is 13.1. The van der Waals surface area contributed by atoms with Crippen LogP contribution in [0.3, 0.4) is 0 Å². The Morgan fingerprint density at radius 2 is 1.91 bits per heavy atom. The Kier molecular flexibility index (Phi) is 8.16. The van der Waals surface area contributed by atoms with Crippen molar-refractivity contribution in [2.75, 3.05) is 13.1 Å². The predicted octanol–water partition coefficient (Wildman–Crippen LogP) is 3.63. The lowest BCUT2D eigenvalue weighted by atomic mass is 10.2. The summed E-state index contributed by atoms with van der Waals surface area (Å²) < 4.78 is 32.6. The second-order valence-corrected chi connectivity index (χ2v) is 9.21. The van der Waals surface area contributed by atoms with E-state index in [0.29, 0.717) is 29.1 Å². The van der Waals surface area contributed by atoms with Crippen LogP contribution in [-0.4, -0.2) is 42.5 Å². The summed E-state index contributed by atoms with van der Waals surface area (Å²) in [6.07, 6.45) is 0.766. The van der Waals surface area contributed by atoms with Crippen molar-refractivity contribution in [1.82, 2.24) is 19.8 Å². The molecule has 33 heavy (non-hydrogen) atoms. The number of sulfonamides is 1. The van der Waals surface area contributed by atoms with Crippen LogP contribution in [0.15, 0.2) is 57.8 Å². The van der Waals surface area contributed by atoms with Gasteiger partial charge < -0.3 is 9.32 Å². The number of carbonyl (C=O) groups is 1. The van der Waals surface area contributed by atoms with Crippen molar-refractivity contribution in [3.8, 4) is 17.5 Å². The van der Waals surface area contributed by atoms with Crippen LogP contribution in [0.4, 0.5) is 0 Å². The number of carbonyl (C=O) groups excluding carboxylic acids is 1. The quantitative estimate of drug-likeness (QED) is 0.432. The smallest absolute Gasteiger partial charge is 0.254 e. The van der Waals surface area contributed by atoms with Crippen LogP contribution in [0, 0.1) is 11.3 Å². The number of hydrogen-bond acceptors (Lipinski definition) is 7. The van der Waals surface area contributed by atoms with Crippen molar-refractivity contribution in [3.05, 3.63) is 65.0 Å². The van der Waals surface area contributed by atoms with Crippen molar-refractivity contribution in [2.24, 2.45) is 0 Å². The standard InChI is InChI=1S/C22H22ClN5O4S/c1-2-14-28(15-20-26-27-21(32-20)18-6-3-4-7-19(18)23)22(29)16-8-10-17(11-9-16)33(30,31)25-13-5-12-24/h3-4,6-11,25H,2,5,13-15H2,1H3. The van der Waals surface area contributed by atoms with Gasteiger partial charge in [0.15, 0.2) is 0 Å². The molecule has 0 radical (unpaired) electrons. The minimum absolute atomic E-state index is 0.0142. The van der Waals surface area contributed by atoms with E-state index >= 15 is 0 Å². The third-order valence-corrected chi connectivity index (χ3v) is 6.42. The Morgan fingerprint density at radius 1 is 1.18 bits per heavy atom. The first-order valence-corrected chi connectivity index (χ1v) is 12.0. The minimum atomic E-state index is -3.75. The van der Waals surface area contributed by atoms with Crippen LogP contribution in [0.1, 0.15) is 36.0 Å². The highest BCUT2D eigenvalue weighted by Gasteiger charge is 2.21. The van der Waals surface area contributed by atoms with Gasteiger partial charge in [0.2, 0.25) is 21.8 Å². The Balaban J connectivity index is 1.74. The Hall–Kier alpha value is -3.26. The number of amides is 1. The van der Waals surface area contributed by atoms with E-state index in [4.69, 9.17) is 21.3 Å². The summed E-state index contributed by atoms with van der Waals surface area (Å²) in [7, 11) is -3.75. The molecule has 3 aromatic rings. The van der Waals surface area contributed by atoms with Crippen molar-refractivity contribution in [3.63, 3.8) is 0 Å². The van der Waals surface area contributed by atoms with Gasteiger partial charge in [-0.25, -0.2) is 13.1 Å². The summed E-state index contributed by atoms with van der Waals surface area (Å²) in [5.74, 6) is 0.223. The number of benzene rings is 2. The molecule has 0 aliphatic carbocycles. The molecule has 0 spiro atoms. The van der Waals surface area contributed by atoms with E-state index in [1.54, 1.807) is 29.2 Å². The van der Waals surface area contributed by atoms with Gasteiger partial charge in [0.05, 0.1) is 28.1 Å². The monoisotopic (exact) mass is 487 g/mol. The molecule has 9 nitrogen and oxygen atoms in total. The van der Waals surface area contributed by atoms with Crippen LogP contribution in [0.5, 0.6) is 0 Å². The second kappa shape index (κ2) is 11.0. The van der Waals surface area contributed by atoms with Gasteiger partial charge in [0, 0.05) is 25.1 Å². The molecule has 0 aliphatic heterocycles. The number of aromatic nitrogens is 2. The Bertz CT molecular complexity index is 1250. The molecule has 172 valence electrons. The van der Waals surface area contributed by atoms with Crippen molar-refractivity contribution < 1.29 is 17.6 Å². The molecule has 0 unspecified atom stereocenters. The van der Waals surface area contributed by atoms with Gasteiger partial charge in [0.25, 0.3) is 5.91 Å². The van der Waals surface area contributed by atoms with E-state index < -0.39 is 10.0 Å². The Morgan fingerprint density at radius 3 is 2.58 bits per heavy atom. The molecule has 0 saturated carbocycles. The van der Waals surface area contributed by atoms with E-state index in [1.807, 2.05) is 13.0 Å². The molecule has 3 rings (SSSR count).